The van der Waals surface area contributed by atoms with E-state index in [2.05, 4.69) is 20.3 Å². The summed E-state index contributed by atoms with van der Waals surface area (Å²) in [6.45, 7) is 1.76. The molecule has 0 bridgehead atoms. The highest BCUT2D eigenvalue weighted by molar-refractivity contribution is 5.62. The molecule has 0 spiro atoms. The number of anilines is 1. The molecule has 106 valence electrons. The van der Waals surface area contributed by atoms with Crippen molar-refractivity contribution in [1.82, 2.24) is 15.0 Å². The van der Waals surface area contributed by atoms with E-state index in [1.807, 2.05) is 24.3 Å². The van der Waals surface area contributed by atoms with Gasteiger partial charge in [0.25, 0.3) is 5.97 Å². The molecule has 2 rings (SSSR count). The van der Waals surface area contributed by atoms with Crippen LogP contribution in [0, 0.1) is 0 Å². The van der Waals surface area contributed by atoms with Crippen molar-refractivity contribution in [2.75, 3.05) is 12.4 Å². The number of hydrogen-bond acceptors (Lipinski definition) is 6. The second-order valence-corrected chi connectivity index (χ2v) is 3.68. The summed E-state index contributed by atoms with van der Waals surface area (Å²) in [6, 6.07) is 7.83. The summed E-state index contributed by atoms with van der Waals surface area (Å²) in [5.41, 5.74) is 1.14. The highest BCUT2D eigenvalue weighted by Gasteiger charge is 1.96. The van der Waals surface area contributed by atoms with Crippen molar-refractivity contribution >= 4 is 11.9 Å². The molecule has 0 amide bonds. The van der Waals surface area contributed by atoms with E-state index in [1.165, 1.54) is 12.7 Å². The molecule has 0 atom stereocenters. The van der Waals surface area contributed by atoms with E-state index in [0.717, 1.165) is 18.2 Å². The first-order valence-corrected chi connectivity index (χ1v) is 5.80. The number of carbonyl (C=O) groups is 1. The van der Waals surface area contributed by atoms with Crippen LogP contribution in [0.5, 0.6) is 5.75 Å². The molecule has 1 aromatic carbocycles. The molecule has 0 saturated carbocycles. The van der Waals surface area contributed by atoms with E-state index in [4.69, 9.17) is 14.6 Å². The third-order valence-corrected chi connectivity index (χ3v) is 2.10. The molecule has 0 unspecified atom stereocenters. The van der Waals surface area contributed by atoms with Gasteiger partial charge in [-0.25, -0.2) is 15.0 Å². The first kappa shape index (κ1) is 15.4. The molecule has 2 aromatic rings. The van der Waals surface area contributed by atoms with E-state index in [0.29, 0.717) is 12.5 Å². The Labute approximate surface area is 116 Å². The van der Waals surface area contributed by atoms with Crippen molar-refractivity contribution in [3.8, 4) is 5.75 Å². The first-order valence-electron chi connectivity index (χ1n) is 5.80. The lowest BCUT2D eigenvalue weighted by atomic mass is 10.2. The summed E-state index contributed by atoms with van der Waals surface area (Å²) in [5, 5.41) is 10.5. The van der Waals surface area contributed by atoms with E-state index in [9.17, 15) is 0 Å². The number of methoxy groups -OCH3 is 1. The van der Waals surface area contributed by atoms with Crippen LogP contribution in [0.4, 0.5) is 5.95 Å². The van der Waals surface area contributed by atoms with Crippen molar-refractivity contribution < 1.29 is 14.6 Å². The Morgan fingerprint density at radius 3 is 2.30 bits per heavy atom. The molecule has 1 aromatic heterocycles. The topological polar surface area (TPSA) is 97.2 Å². The minimum atomic E-state index is -0.833. The number of hydrogen-bond donors (Lipinski definition) is 2. The fraction of sp³-hybridized carbons (Fsp3) is 0.231. The zero-order valence-electron chi connectivity index (χ0n) is 11.3. The zero-order chi connectivity index (χ0) is 14.8. The molecule has 0 saturated heterocycles. The molecule has 2 N–H and O–H groups in total. The van der Waals surface area contributed by atoms with Gasteiger partial charge in [0.05, 0.1) is 7.11 Å². The van der Waals surface area contributed by atoms with Crippen molar-refractivity contribution in [2.24, 2.45) is 0 Å². The van der Waals surface area contributed by atoms with Crippen LogP contribution >= 0.6 is 0 Å². The van der Waals surface area contributed by atoms with Gasteiger partial charge in [-0.2, -0.15) is 0 Å². The molecule has 7 heteroatoms. The average Bonchev–Trinajstić information content (AvgIpc) is 2.46. The maximum absolute atomic E-state index is 9.00. The predicted molar refractivity (Wildman–Crippen MR) is 73.5 cm³/mol. The van der Waals surface area contributed by atoms with E-state index < -0.39 is 5.97 Å². The highest BCUT2D eigenvalue weighted by Crippen LogP contribution is 2.11. The molecular formula is C13H16N4O3. The average molecular weight is 276 g/mol. The summed E-state index contributed by atoms with van der Waals surface area (Å²) < 4.78 is 5.08. The van der Waals surface area contributed by atoms with Crippen molar-refractivity contribution in [3.63, 3.8) is 0 Å². The Bertz CT molecular complexity index is 513. The number of aromatic nitrogens is 3. The first-order chi connectivity index (χ1) is 9.61. The van der Waals surface area contributed by atoms with Gasteiger partial charge < -0.3 is 15.2 Å². The summed E-state index contributed by atoms with van der Waals surface area (Å²) in [6.07, 6.45) is 2.92. The number of carboxylic acid groups (broad SMARTS) is 1. The molecule has 0 aliphatic rings. The molecule has 0 aliphatic heterocycles. The monoisotopic (exact) mass is 276 g/mol. The standard InChI is InChI=1S/C11H12N4O.C2H4O2/c1-16-10-4-2-9(3-5-10)6-13-11-14-7-12-8-15-11;1-2(3)4/h2-5,7-8H,6H2,1H3,(H,12,13,14,15);1H3,(H,3,4). The minimum absolute atomic E-state index is 0.575. The van der Waals surface area contributed by atoms with Gasteiger partial charge in [0.2, 0.25) is 5.95 Å². The summed E-state index contributed by atoms with van der Waals surface area (Å²) in [4.78, 5) is 20.7. The van der Waals surface area contributed by atoms with Gasteiger partial charge >= 0.3 is 0 Å². The number of carboxylic acids is 1. The normalized spacial score (nSPS) is 9.10. The Kier molecular flexibility index (Phi) is 6.46. The van der Waals surface area contributed by atoms with Crippen LogP contribution in [-0.2, 0) is 11.3 Å². The number of benzene rings is 1. The zero-order valence-corrected chi connectivity index (χ0v) is 11.3. The van der Waals surface area contributed by atoms with Crippen molar-refractivity contribution in [2.45, 2.75) is 13.5 Å². The van der Waals surface area contributed by atoms with Gasteiger partial charge in [-0.05, 0) is 17.7 Å². The van der Waals surface area contributed by atoms with E-state index in [-0.39, 0.29) is 0 Å². The summed E-state index contributed by atoms with van der Waals surface area (Å²) in [7, 11) is 1.65. The maximum Gasteiger partial charge on any atom is 0.300 e. The minimum Gasteiger partial charge on any atom is -0.497 e. The van der Waals surface area contributed by atoms with Gasteiger partial charge in [-0.1, -0.05) is 12.1 Å². The molecule has 0 radical (unpaired) electrons. The fourth-order valence-corrected chi connectivity index (χ4v) is 1.25. The van der Waals surface area contributed by atoms with Crippen LogP contribution in [0.15, 0.2) is 36.9 Å². The van der Waals surface area contributed by atoms with Crippen LogP contribution in [-0.4, -0.2) is 33.1 Å². The number of nitrogens with zero attached hydrogens (tertiary/aromatic N) is 3. The lowest BCUT2D eigenvalue weighted by Gasteiger charge is -2.05. The largest absolute Gasteiger partial charge is 0.497 e. The SMILES string of the molecule is CC(=O)O.COc1ccc(CNc2ncncn2)cc1. The fourth-order valence-electron chi connectivity index (χ4n) is 1.25. The van der Waals surface area contributed by atoms with Gasteiger partial charge in [0, 0.05) is 13.5 Å². The van der Waals surface area contributed by atoms with Gasteiger partial charge in [-0.15, -0.1) is 0 Å². The second kappa shape index (κ2) is 8.41. The molecular weight excluding hydrogens is 260 g/mol. The Balaban J connectivity index is 0.000000444. The quantitative estimate of drug-likeness (QED) is 0.874. The van der Waals surface area contributed by atoms with Crippen LogP contribution in [0.1, 0.15) is 12.5 Å². The highest BCUT2D eigenvalue weighted by atomic mass is 16.5. The van der Waals surface area contributed by atoms with Crippen LogP contribution in [0.2, 0.25) is 0 Å². The van der Waals surface area contributed by atoms with E-state index in [1.54, 1.807) is 7.11 Å². The molecule has 1 heterocycles. The smallest absolute Gasteiger partial charge is 0.300 e. The maximum atomic E-state index is 9.00. The summed E-state index contributed by atoms with van der Waals surface area (Å²) >= 11 is 0. The number of nitrogens with one attached hydrogen (secondary N) is 1. The number of rotatable bonds is 4. The Morgan fingerprint density at radius 1 is 1.25 bits per heavy atom. The predicted octanol–water partition coefficient (Wildman–Crippen LogP) is 1.58. The van der Waals surface area contributed by atoms with Gasteiger partial charge in [0.15, 0.2) is 0 Å². The van der Waals surface area contributed by atoms with Crippen molar-refractivity contribution in [3.05, 3.63) is 42.5 Å². The number of ether oxygens (including phenoxy) is 1. The van der Waals surface area contributed by atoms with Gasteiger partial charge in [0.1, 0.15) is 18.4 Å². The lowest BCUT2D eigenvalue weighted by Crippen LogP contribution is -2.03. The molecule has 0 fully saturated rings. The van der Waals surface area contributed by atoms with Gasteiger partial charge in [-0.3, -0.25) is 4.79 Å². The molecule has 20 heavy (non-hydrogen) atoms. The third kappa shape index (κ3) is 6.29. The Morgan fingerprint density at radius 2 is 1.80 bits per heavy atom. The van der Waals surface area contributed by atoms with Crippen LogP contribution in [0.25, 0.3) is 0 Å². The molecule has 7 nitrogen and oxygen atoms in total. The Hall–Kier alpha value is -2.70. The van der Waals surface area contributed by atoms with Crippen LogP contribution in [0.3, 0.4) is 0 Å². The number of aliphatic carboxylic acids is 1. The van der Waals surface area contributed by atoms with Crippen molar-refractivity contribution in [1.29, 1.82) is 0 Å². The van der Waals surface area contributed by atoms with E-state index >= 15 is 0 Å². The third-order valence-electron chi connectivity index (χ3n) is 2.10. The summed E-state index contributed by atoms with van der Waals surface area (Å²) in [5.74, 6) is 0.592. The lowest BCUT2D eigenvalue weighted by molar-refractivity contribution is -0.134. The molecule has 0 aliphatic carbocycles. The van der Waals surface area contributed by atoms with Crippen LogP contribution < -0.4 is 10.1 Å². The second-order valence-electron chi connectivity index (χ2n) is 3.68.